The van der Waals surface area contributed by atoms with Crippen LogP contribution >= 0.6 is 0 Å². The molecule has 0 spiro atoms. The van der Waals surface area contributed by atoms with Crippen LogP contribution in [-0.4, -0.2) is 37.0 Å². The van der Waals surface area contributed by atoms with Crippen molar-refractivity contribution >= 4 is 22.1 Å². The van der Waals surface area contributed by atoms with Crippen molar-refractivity contribution in [2.75, 3.05) is 18.5 Å². The molecule has 2 aromatic heterocycles. The van der Waals surface area contributed by atoms with Crippen LogP contribution in [0.4, 0.5) is 5.82 Å². The van der Waals surface area contributed by atoms with Gasteiger partial charge in [-0.25, -0.2) is 13.4 Å². The highest BCUT2D eigenvalue weighted by Crippen LogP contribution is 2.16. The largest absolute Gasteiger partial charge is 0.460 e. The molecule has 0 saturated heterocycles. The van der Waals surface area contributed by atoms with Gasteiger partial charge in [0.25, 0.3) is 0 Å². The second kappa shape index (κ2) is 7.38. The molecule has 0 aliphatic carbocycles. The molecule has 0 unspecified atom stereocenters. The molecular formula is C15H20N4O3S. The van der Waals surface area contributed by atoms with Crippen LogP contribution < -0.4 is 5.43 Å². The predicted octanol–water partition coefficient (Wildman–Crippen LogP) is 2.46. The Bertz CT molecular complexity index is 762. The minimum atomic E-state index is -3.49. The Morgan fingerprint density at radius 3 is 2.52 bits per heavy atom. The number of anilines is 1. The Labute approximate surface area is 136 Å². The van der Waals surface area contributed by atoms with Crippen molar-refractivity contribution in [3.8, 4) is 0 Å². The van der Waals surface area contributed by atoms with Crippen molar-refractivity contribution in [2.45, 2.75) is 25.7 Å². The Morgan fingerprint density at radius 2 is 2.00 bits per heavy atom. The normalized spacial score (nSPS) is 12.2. The zero-order valence-electron chi connectivity index (χ0n) is 13.4. The molecule has 2 aromatic rings. The molecule has 0 bridgehead atoms. The lowest BCUT2D eigenvalue weighted by Gasteiger charge is -2.18. The van der Waals surface area contributed by atoms with Gasteiger partial charge in [0.05, 0.1) is 6.21 Å². The average Bonchev–Trinajstić information content (AvgIpc) is 2.94. The highest BCUT2D eigenvalue weighted by atomic mass is 32.2. The molecule has 2 rings (SSSR count). The third kappa shape index (κ3) is 4.17. The summed E-state index contributed by atoms with van der Waals surface area (Å²) in [6.45, 7) is 6.30. The van der Waals surface area contributed by atoms with Crippen LogP contribution in [0.25, 0.3) is 0 Å². The monoisotopic (exact) mass is 336 g/mol. The number of hydrazone groups is 1. The Balaban J connectivity index is 2.06. The van der Waals surface area contributed by atoms with E-state index in [4.69, 9.17) is 4.42 Å². The summed E-state index contributed by atoms with van der Waals surface area (Å²) in [5.74, 6) is 1.87. The molecule has 23 heavy (non-hydrogen) atoms. The number of aryl methyl sites for hydroxylation is 1. The van der Waals surface area contributed by atoms with Gasteiger partial charge in [0.1, 0.15) is 22.2 Å². The standard InChI is InChI=1S/C15H20N4O3S/c1-4-19(5-2)23(20,21)14-8-9-15(16-11-14)18-17-10-13-7-6-12(3)22-13/h6-11H,4-5H2,1-3H3,(H,16,18). The molecule has 2 heterocycles. The first-order valence-electron chi connectivity index (χ1n) is 7.29. The van der Waals surface area contributed by atoms with E-state index in [1.54, 1.807) is 26.0 Å². The molecule has 0 radical (unpaired) electrons. The third-order valence-electron chi connectivity index (χ3n) is 3.21. The molecule has 7 nitrogen and oxygen atoms in total. The van der Waals surface area contributed by atoms with Gasteiger partial charge in [0.2, 0.25) is 10.0 Å². The zero-order valence-corrected chi connectivity index (χ0v) is 14.2. The van der Waals surface area contributed by atoms with E-state index in [0.29, 0.717) is 24.7 Å². The summed E-state index contributed by atoms with van der Waals surface area (Å²) < 4.78 is 31.4. The van der Waals surface area contributed by atoms with Gasteiger partial charge in [-0.2, -0.15) is 9.41 Å². The molecule has 0 aliphatic heterocycles. The van der Waals surface area contributed by atoms with Crippen LogP contribution in [0.5, 0.6) is 0 Å². The molecule has 0 aromatic carbocycles. The number of hydrogen-bond donors (Lipinski definition) is 1. The summed E-state index contributed by atoms with van der Waals surface area (Å²) in [6, 6.07) is 6.72. The number of sulfonamides is 1. The quantitative estimate of drug-likeness (QED) is 0.620. The molecule has 0 fully saturated rings. The lowest BCUT2D eigenvalue weighted by atomic mass is 10.4. The van der Waals surface area contributed by atoms with Gasteiger partial charge in [-0.05, 0) is 31.2 Å². The van der Waals surface area contributed by atoms with E-state index in [9.17, 15) is 8.42 Å². The highest BCUT2D eigenvalue weighted by Gasteiger charge is 2.21. The van der Waals surface area contributed by atoms with E-state index in [1.807, 2.05) is 13.0 Å². The van der Waals surface area contributed by atoms with E-state index in [-0.39, 0.29) is 4.90 Å². The summed E-state index contributed by atoms with van der Waals surface area (Å²) in [4.78, 5) is 4.24. The number of hydrogen-bond acceptors (Lipinski definition) is 6. The lowest BCUT2D eigenvalue weighted by Crippen LogP contribution is -2.30. The average molecular weight is 336 g/mol. The van der Waals surface area contributed by atoms with Crippen LogP contribution in [-0.2, 0) is 10.0 Å². The van der Waals surface area contributed by atoms with Crippen molar-refractivity contribution in [1.82, 2.24) is 9.29 Å². The minimum Gasteiger partial charge on any atom is -0.460 e. The number of furan rings is 1. The van der Waals surface area contributed by atoms with Crippen molar-refractivity contribution in [2.24, 2.45) is 5.10 Å². The van der Waals surface area contributed by atoms with Crippen molar-refractivity contribution in [1.29, 1.82) is 0 Å². The first-order chi connectivity index (χ1) is 11.0. The summed E-state index contributed by atoms with van der Waals surface area (Å²) in [5, 5.41) is 3.99. The maximum absolute atomic E-state index is 12.3. The summed E-state index contributed by atoms with van der Waals surface area (Å²) in [7, 11) is -3.49. The predicted molar refractivity (Wildman–Crippen MR) is 89.0 cm³/mol. The van der Waals surface area contributed by atoms with E-state index >= 15 is 0 Å². The van der Waals surface area contributed by atoms with Gasteiger partial charge < -0.3 is 4.42 Å². The molecular weight excluding hydrogens is 316 g/mol. The van der Waals surface area contributed by atoms with Crippen LogP contribution in [0.3, 0.4) is 0 Å². The number of pyridine rings is 1. The summed E-state index contributed by atoms with van der Waals surface area (Å²) in [5.41, 5.74) is 2.73. The molecule has 0 amide bonds. The van der Waals surface area contributed by atoms with Gasteiger partial charge in [-0.1, -0.05) is 13.8 Å². The van der Waals surface area contributed by atoms with Gasteiger partial charge in [0.15, 0.2) is 0 Å². The maximum Gasteiger partial charge on any atom is 0.244 e. The smallest absolute Gasteiger partial charge is 0.244 e. The summed E-state index contributed by atoms with van der Waals surface area (Å²) in [6.07, 6.45) is 2.85. The number of aromatic nitrogens is 1. The van der Waals surface area contributed by atoms with Gasteiger partial charge in [0, 0.05) is 19.3 Å². The van der Waals surface area contributed by atoms with E-state index in [0.717, 1.165) is 5.76 Å². The first kappa shape index (κ1) is 17.2. The molecule has 124 valence electrons. The fraction of sp³-hybridized carbons (Fsp3) is 0.333. The second-order valence-electron chi connectivity index (χ2n) is 4.79. The third-order valence-corrected chi connectivity index (χ3v) is 5.25. The number of rotatable bonds is 7. The van der Waals surface area contributed by atoms with Gasteiger partial charge >= 0.3 is 0 Å². The fourth-order valence-corrected chi connectivity index (χ4v) is 3.40. The Hall–Kier alpha value is -2.19. The Morgan fingerprint density at radius 1 is 1.26 bits per heavy atom. The highest BCUT2D eigenvalue weighted by molar-refractivity contribution is 7.89. The number of nitrogens with one attached hydrogen (secondary N) is 1. The van der Waals surface area contributed by atoms with Crippen molar-refractivity contribution in [3.63, 3.8) is 0 Å². The van der Waals surface area contributed by atoms with Crippen LogP contribution in [0, 0.1) is 6.92 Å². The van der Waals surface area contributed by atoms with Crippen LogP contribution in [0.15, 0.2) is 44.9 Å². The van der Waals surface area contributed by atoms with E-state index in [1.165, 1.54) is 22.8 Å². The van der Waals surface area contributed by atoms with E-state index < -0.39 is 10.0 Å². The first-order valence-corrected chi connectivity index (χ1v) is 8.73. The number of nitrogens with zero attached hydrogens (tertiary/aromatic N) is 3. The van der Waals surface area contributed by atoms with Crippen LogP contribution in [0.1, 0.15) is 25.4 Å². The SMILES string of the molecule is CCN(CC)S(=O)(=O)c1ccc(NN=Cc2ccc(C)o2)nc1. The van der Waals surface area contributed by atoms with Gasteiger partial charge in [-0.3, -0.25) is 5.43 Å². The van der Waals surface area contributed by atoms with Crippen molar-refractivity contribution < 1.29 is 12.8 Å². The summed E-state index contributed by atoms with van der Waals surface area (Å²) >= 11 is 0. The zero-order chi connectivity index (χ0) is 16.9. The van der Waals surface area contributed by atoms with Crippen LogP contribution in [0.2, 0.25) is 0 Å². The minimum absolute atomic E-state index is 0.164. The topological polar surface area (TPSA) is 87.8 Å². The van der Waals surface area contributed by atoms with Gasteiger partial charge in [-0.15, -0.1) is 0 Å². The molecule has 0 aliphatic rings. The fourth-order valence-electron chi connectivity index (χ4n) is 2.00. The van der Waals surface area contributed by atoms with E-state index in [2.05, 4.69) is 15.5 Å². The molecule has 8 heteroatoms. The second-order valence-corrected chi connectivity index (χ2v) is 6.72. The Kier molecular flexibility index (Phi) is 5.51. The molecule has 0 atom stereocenters. The maximum atomic E-state index is 12.3. The lowest BCUT2D eigenvalue weighted by molar-refractivity contribution is 0.445. The molecule has 0 saturated carbocycles. The molecule has 1 N–H and O–H groups in total. The van der Waals surface area contributed by atoms with Crippen molar-refractivity contribution in [3.05, 3.63) is 42.0 Å².